The van der Waals surface area contributed by atoms with Gasteiger partial charge in [-0.2, -0.15) is 0 Å². The van der Waals surface area contributed by atoms with Crippen LogP contribution in [0.2, 0.25) is 193 Å². The Morgan fingerprint density at radius 2 is 0.633 bits per heavy atom. The molecule has 23 heteroatoms. The zero-order valence-corrected chi connectivity index (χ0v) is 55.9. The lowest BCUT2D eigenvalue weighted by atomic mass is 10.4. The minimum absolute atomic E-state index is 0.233. The fourth-order valence-electron chi connectivity index (χ4n) is 6.37. The van der Waals surface area contributed by atoms with Crippen LogP contribution >= 0.6 is 0 Å². The molecule has 0 radical (unpaired) electrons. The van der Waals surface area contributed by atoms with Gasteiger partial charge in [0.15, 0.2) is 74.9 Å². The lowest BCUT2D eigenvalue weighted by molar-refractivity contribution is -0.139. The van der Waals surface area contributed by atoms with E-state index < -0.39 is 101 Å². The molecule has 60 heavy (non-hydrogen) atoms. The molecule has 11 nitrogen and oxygen atoms in total. The van der Waals surface area contributed by atoms with Gasteiger partial charge in [0, 0.05) is 23.7 Å². The smallest absolute Gasteiger partial charge is 0.462 e. The molecule has 0 aliphatic heterocycles. The van der Waals surface area contributed by atoms with Crippen molar-refractivity contribution >= 4 is 107 Å². The second kappa shape index (κ2) is 22.5. The molecule has 0 aliphatic rings. The van der Waals surface area contributed by atoms with Crippen LogP contribution in [0.4, 0.5) is 0 Å². The fraction of sp³-hybridized carbons (Fsp3) is 0.919. The van der Waals surface area contributed by atoms with Crippen LogP contribution in [-0.2, 0) is 46.6 Å². The topological polar surface area (TPSA) is 109 Å². The molecule has 0 unspecified atom stereocenters. The van der Waals surface area contributed by atoms with Crippen LogP contribution in [0, 0.1) is 0 Å². The first-order valence-corrected chi connectivity index (χ1v) is 57.9. The summed E-state index contributed by atoms with van der Waals surface area (Å²) in [6, 6.07) is 4.36. The van der Waals surface area contributed by atoms with E-state index in [1.54, 1.807) is 6.92 Å². The summed E-state index contributed by atoms with van der Waals surface area (Å²) in [6.07, 6.45) is 0.554. The van der Waals surface area contributed by atoms with E-state index in [4.69, 9.17) is 41.8 Å². The van der Waals surface area contributed by atoms with E-state index in [0.717, 1.165) is 18.1 Å². The van der Waals surface area contributed by atoms with Crippen molar-refractivity contribution in [3.63, 3.8) is 0 Å². The maximum absolute atomic E-state index is 12.5. The summed E-state index contributed by atoms with van der Waals surface area (Å²) in [5.74, 6) is -0.389. The van der Waals surface area contributed by atoms with Gasteiger partial charge in [0.25, 0.3) is 0 Å². The van der Waals surface area contributed by atoms with E-state index in [9.17, 15) is 4.79 Å². The van der Waals surface area contributed by atoms with Crippen molar-refractivity contribution in [1.29, 1.82) is 0 Å². The van der Waals surface area contributed by atoms with Crippen LogP contribution in [-0.4, -0.2) is 114 Å². The van der Waals surface area contributed by atoms with E-state index in [1.165, 1.54) is 0 Å². The number of hydrogen-bond acceptors (Lipinski definition) is 11. The summed E-state index contributed by atoms with van der Waals surface area (Å²) < 4.78 is 71.2. The Kier molecular flexibility index (Phi) is 23.0. The monoisotopic (exact) mass is 1050 g/mol. The Hall–Kier alpha value is 1.45. The SMILES string of the molecule is C=C(C)C(=O)OCCC[Si](O[Si](C)(C)CC)(O[Si](C)(C)CC[Si](O[Si](C)(C)C)(O[Si](C)(C)C)O[Si](C)(C)C)O[Si](C)(C)CC[Si](O[Si](C)(C)C)(O[Si](C)(C)C)O[Si](C)(C)C. The number of hydrogen-bond donors (Lipinski definition) is 0. The first-order chi connectivity index (χ1) is 26.2. The molecule has 0 rings (SSSR count). The second-order valence-corrected chi connectivity index (χ2v) is 74.9. The van der Waals surface area contributed by atoms with Crippen molar-refractivity contribution in [2.45, 2.75) is 214 Å². The highest BCUT2D eigenvalue weighted by Crippen LogP contribution is 2.39. The zero-order chi connectivity index (χ0) is 47.9. The van der Waals surface area contributed by atoms with Crippen LogP contribution in [0.25, 0.3) is 0 Å². The molecule has 0 saturated carbocycles. The maximum Gasteiger partial charge on any atom is 0.469 e. The Morgan fingerprint density at radius 1 is 0.383 bits per heavy atom. The van der Waals surface area contributed by atoms with E-state index in [-0.39, 0.29) is 12.6 Å². The summed E-state index contributed by atoms with van der Waals surface area (Å²) >= 11 is 0. The van der Waals surface area contributed by atoms with Crippen LogP contribution in [0.5, 0.6) is 0 Å². The molecule has 0 amide bonds. The minimum atomic E-state index is -3.49. The van der Waals surface area contributed by atoms with Crippen molar-refractivity contribution in [2.24, 2.45) is 0 Å². The molecule has 0 heterocycles. The van der Waals surface area contributed by atoms with Crippen LogP contribution in [0.1, 0.15) is 20.3 Å². The van der Waals surface area contributed by atoms with E-state index in [1.807, 2.05) is 0 Å². The van der Waals surface area contributed by atoms with Gasteiger partial charge in [-0.15, -0.1) is 0 Å². The van der Waals surface area contributed by atoms with Crippen molar-refractivity contribution < 1.29 is 46.6 Å². The predicted molar refractivity (Wildman–Crippen MR) is 284 cm³/mol. The molecule has 0 aromatic rings. The normalized spacial score (nSPS) is 15.1. The van der Waals surface area contributed by atoms with Crippen LogP contribution in [0.3, 0.4) is 0 Å². The molecule has 0 spiro atoms. The Bertz CT molecular complexity index is 1200. The molecule has 0 aromatic carbocycles. The average molecular weight is 1050 g/mol. The molecule has 0 aromatic heterocycles. The van der Waals surface area contributed by atoms with Crippen molar-refractivity contribution in [3.8, 4) is 0 Å². The lowest BCUT2D eigenvalue weighted by Gasteiger charge is -2.47. The molecule has 0 N–H and O–H groups in total. The molecule has 358 valence electrons. The van der Waals surface area contributed by atoms with Gasteiger partial charge in [0.2, 0.25) is 0 Å². The molecule has 0 atom stereocenters. The summed E-state index contributed by atoms with van der Waals surface area (Å²) in [6.45, 7) is 61.7. The van der Waals surface area contributed by atoms with E-state index >= 15 is 0 Å². The van der Waals surface area contributed by atoms with Gasteiger partial charge in [0.1, 0.15) is 0 Å². The van der Waals surface area contributed by atoms with Crippen molar-refractivity contribution in [1.82, 2.24) is 0 Å². The van der Waals surface area contributed by atoms with E-state index in [2.05, 4.69) is 171 Å². The van der Waals surface area contributed by atoms with Gasteiger partial charge in [-0.05, 0) is 189 Å². The molecule has 0 saturated heterocycles. The predicted octanol–water partition coefficient (Wildman–Crippen LogP) is 13.1. The third-order valence-electron chi connectivity index (χ3n) is 8.19. The first-order valence-electron chi connectivity index (χ1n) is 22.3. The lowest BCUT2D eigenvalue weighted by Crippen LogP contribution is -2.64. The third-order valence-corrected chi connectivity index (χ3v) is 49.0. The molecule has 0 aliphatic carbocycles. The first kappa shape index (κ1) is 61.5. The van der Waals surface area contributed by atoms with Gasteiger partial charge in [-0.1, -0.05) is 13.5 Å². The van der Waals surface area contributed by atoms with Crippen LogP contribution in [0.15, 0.2) is 12.2 Å². The molecule has 0 bridgehead atoms. The molecular weight excluding hydrogens is 957 g/mol. The Morgan fingerprint density at radius 3 is 0.867 bits per heavy atom. The highest BCUT2D eigenvalue weighted by atomic mass is 28.5. The largest absolute Gasteiger partial charge is 0.469 e. The minimum Gasteiger partial charge on any atom is -0.462 e. The summed E-state index contributed by atoms with van der Waals surface area (Å²) in [5, 5.41) is 0. The number of carbonyl (C=O) groups excluding carboxylic acids is 1. The summed E-state index contributed by atoms with van der Waals surface area (Å²) in [5.41, 5.74) is 0.382. The third kappa shape index (κ3) is 28.5. The molecular formula is C37H96O11Si12. The standard InChI is InChI=1S/C37H96O11Si12/c1-28-55(22,23)46-58(31-29-30-39-37(38)36(2)3,47-56(24,25)32-34-59(40-49(4,5)6,41-50(7,8)9)42-51(10,11)12)48-57(26,27)33-35-60(43-52(13,14)15,44-53(16,17)18)45-54(19,20)21/h2,28-35H2,1,3-27H3. The Labute approximate surface area is 383 Å². The van der Waals surface area contributed by atoms with Gasteiger partial charge in [0.05, 0.1) is 6.61 Å². The summed E-state index contributed by atoms with van der Waals surface area (Å²) in [4.78, 5) is 12.5. The number of rotatable bonds is 30. The number of esters is 1. The summed E-state index contributed by atoms with van der Waals surface area (Å²) in [7, 11) is -29.8. The zero-order valence-electron chi connectivity index (χ0n) is 43.9. The molecule has 0 fully saturated rings. The highest BCUT2D eigenvalue weighted by Gasteiger charge is 2.57. The van der Waals surface area contributed by atoms with Gasteiger partial charge < -0.3 is 41.8 Å². The van der Waals surface area contributed by atoms with Crippen LogP contribution < -0.4 is 0 Å². The average Bonchev–Trinajstić information content (AvgIpc) is 2.91. The van der Waals surface area contributed by atoms with Crippen molar-refractivity contribution in [3.05, 3.63) is 12.2 Å². The second-order valence-electron chi connectivity index (χ2n) is 24.3. The van der Waals surface area contributed by atoms with Gasteiger partial charge >= 0.3 is 32.4 Å². The Balaban J connectivity index is 7.52. The van der Waals surface area contributed by atoms with Crippen molar-refractivity contribution in [2.75, 3.05) is 6.61 Å². The highest BCUT2D eigenvalue weighted by molar-refractivity contribution is 6.94. The fourth-order valence-corrected chi connectivity index (χ4v) is 56.6. The maximum atomic E-state index is 12.5. The van der Waals surface area contributed by atoms with Gasteiger partial charge in [-0.25, -0.2) is 4.79 Å². The number of ether oxygens (including phenoxy) is 1. The number of carbonyl (C=O) groups is 1. The van der Waals surface area contributed by atoms with E-state index in [0.29, 0.717) is 30.1 Å². The quantitative estimate of drug-likeness (QED) is 0.0297. The van der Waals surface area contributed by atoms with Gasteiger partial charge in [-0.3, -0.25) is 0 Å².